The molecule has 172 valence electrons. The van der Waals surface area contributed by atoms with E-state index in [0.29, 0.717) is 0 Å². The van der Waals surface area contributed by atoms with Gasteiger partial charge < -0.3 is 14.9 Å². The molecule has 0 radical (unpaired) electrons. The molecule has 3 saturated heterocycles. The maximum absolute atomic E-state index is 12.6. The number of aliphatic hydroxyl groups is 1. The largest absolute Gasteiger partial charge is 0.406 e. The van der Waals surface area contributed by atoms with E-state index in [0.717, 1.165) is 9.80 Å². The fourth-order valence-electron chi connectivity index (χ4n) is 4.47. The van der Waals surface area contributed by atoms with E-state index >= 15 is 0 Å². The summed E-state index contributed by atoms with van der Waals surface area (Å²) in [5, 5.41) is 10.3. The maximum atomic E-state index is 12.6. The van der Waals surface area contributed by atoms with Crippen LogP contribution in [0, 0.1) is 0 Å². The Morgan fingerprint density at radius 2 is 1.10 bits per heavy atom. The predicted molar refractivity (Wildman–Crippen MR) is 91.2 cm³/mol. The molecule has 7 nitrogen and oxygen atoms in total. The maximum Gasteiger partial charge on any atom is 0.406 e. The van der Waals surface area contributed by atoms with Crippen molar-refractivity contribution in [1.29, 1.82) is 0 Å². The molecule has 0 aliphatic carbocycles. The summed E-state index contributed by atoms with van der Waals surface area (Å²) in [6, 6.07) is -1.58. The molecule has 0 bridgehead atoms. The Morgan fingerprint density at radius 1 is 0.733 bits per heavy atom. The van der Waals surface area contributed by atoms with Crippen molar-refractivity contribution < 1.29 is 41.0 Å². The number of amides is 2. The van der Waals surface area contributed by atoms with Gasteiger partial charge in [0.25, 0.3) is 0 Å². The molecular weight excluding hydrogens is 422 g/mol. The topological polar surface area (TPSA) is 67.3 Å². The van der Waals surface area contributed by atoms with Crippen LogP contribution in [-0.2, 0) is 9.59 Å². The first-order valence-corrected chi connectivity index (χ1v) is 9.71. The van der Waals surface area contributed by atoms with Crippen molar-refractivity contribution in [2.24, 2.45) is 0 Å². The third-order valence-corrected chi connectivity index (χ3v) is 5.73. The van der Waals surface area contributed by atoms with Crippen LogP contribution < -0.4 is 0 Å². The predicted octanol–water partition coefficient (Wildman–Crippen LogP) is 0.291. The third-order valence-electron chi connectivity index (χ3n) is 5.73. The van der Waals surface area contributed by atoms with Crippen molar-refractivity contribution in [3.05, 3.63) is 0 Å². The highest BCUT2D eigenvalue weighted by Gasteiger charge is 2.45. The van der Waals surface area contributed by atoms with Crippen molar-refractivity contribution in [1.82, 2.24) is 19.6 Å². The van der Waals surface area contributed by atoms with Gasteiger partial charge in [0, 0.05) is 39.3 Å². The number of hydrogen-bond acceptors (Lipinski definition) is 5. The molecule has 0 aromatic carbocycles. The molecule has 30 heavy (non-hydrogen) atoms. The van der Waals surface area contributed by atoms with Crippen LogP contribution in [0.3, 0.4) is 0 Å². The highest BCUT2D eigenvalue weighted by Crippen LogP contribution is 2.27. The molecule has 3 heterocycles. The van der Waals surface area contributed by atoms with Gasteiger partial charge in [-0.25, -0.2) is 0 Å². The van der Waals surface area contributed by atoms with Crippen molar-refractivity contribution in [3.63, 3.8) is 0 Å². The van der Waals surface area contributed by atoms with Crippen LogP contribution >= 0.6 is 0 Å². The lowest BCUT2D eigenvalue weighted by atomic mass is 10.2. The molecule has 3 aliphatic rings. The zero-order chi connectivity index (χ0) is 22.3. The second kappa shape index (κ2) is 8.50. The average Bonchev–Trinajstić information content (AvgIpc) is 3.04. The average molecular weight is 446 g/mol. The summed E-state index contributed by atoms with van der Waals surface area (Å²) in [5.41, 5.74) is 0. The van der Waals surface area contributed by atoms with E-state index in [-0.39, 0.29) is 52.1 Å². The molecule has 2 atom stereocenters. The van der Waals surface area contributed by atoms with Gasteiger partial charge in [-0.1, -0.05) is 0 Å². The smallest absolute Gasteiger partial charge is 0.390 e. The van der Waals surface area contributed by atoms with Crippen molar-refractivity contribution in [2.75, 3.05) is 52.4 Å². The van der Waals surface area contributed by atoms with Gasteiger partial charge in [-0.3, -0.25) is 19.4 Å². The van der Waals surface area contributed by atoms with Crippen LogP contribution in [-0.4, -0.2) is 119 Å². The van der Waals surface area contributed by atoms with Crippen LogP contribution in [0.5, 0.6) is 0 Å². The van der Waals surface area contributed by atoms with E-state index in [2.05, 4.69) is 0 Å². The van der Waals surface area contributed by atoms with Gasteiger partial charge >= 0.3 is 12.4 Å². The van der Waals surface area contributed by atoms with Crippen LogP contribution in [0.15, 0.2) is 0 Å². The fraction of sp³-hybridized carbons (Fsp3) is 0.882. The lowest BCUT2D eigenvalue weighted by Crippen LogP contribution is -2.47. The number of carbonyl (C=O) groups excluding carboxylic acids is 2. The number of aliphatic hydroxyl groups excluding tert-OH is 1. The zero-order valence-corrected chi connectivity index (χ0v) is 16.1. The molecule has 3 rings (SSSR count). The monoisotopic (exact) mass is 446 g/mol. The van der Waals surface area contributed by atoms with E-state index in [4.69, 9.17) is 0 Å². The molecule has 0 aromatic rings. The number of alkyl halides is 6. The number of halogens is 6. The van der Waals surface area contributed by atoms with Crippen molar-refractivity contribution >= 4 is 11.8 Å². The highest BCUT2D eigenvalue weighted by atomic mass is 19.4. The molecular formula is C17H24F6N4O3. The number of β-amino-alcohol motifs (C(OH)–C–C–N with tert-alkyl or cyclic N) is 1. The second-order valence-corrected chi connectivity index (χ2v) is 8.00. The first-order valence-electron chi connectivity index (χ1n) is 9.71. The minimum atomic E-state index is -4.50. The van der Waals surface area contributed by atoms with Gasteiger partial charge in [-0.15, -0.1) is 0 Å². The summed E-state index contributed by atoms with van der Waals surface area (Å²) in [7, 11) is 0. The van der Waals surface area contributed by atoms with Gasteiger partial charge in [-0.2, -0.15) is 26.3 Å². The van der Waals surface area contributed by atoms with Crippen LogP contribution in [0.2, 0.25) is 0 Å². The lowest BCUT2D eigenvalue weighted by molar-refractivity contribution is -0.159. The first-order chi connectivity index (χ1) is 13.8. The lowest BCUT2D eigenvalue weighted by Gasteiger charge is -2.28. The molecule has 0 aromatic heterocycles. The minimum absolute atomic E-state index is 0.0349. The van der Waals surface area contributed by atoms with Crippen LogP contribution in [0.4, 0.5) is 26.3 Å². The van der Waals surface area contributed by atoms with E-state index in [1.165, 1.54) is 0 Å². The summed E-state index contributed by atoms with van der Waals surface area (Å²) in [6.45, 7) is -2.20. The van der Waals surface area contributed by atoms with E-state index in [9.17, 15) is 41.0 Å². The van der Waals surface area contributed by atoms with Gasteiger partial charge in [0.2, 0.25) is 11.8 Å². The number of carbonyl (C=O) groups is 2. The third kappa shape index (κ3) is 5.55. The number of nitrogens with zero attached hydrogens (tertiary/aromatic N) is 4. The Hall–Kier alpha value is -1.60. The Balaban J connectivity index is 1.60. The van der Waals surface area contributed by atoms with E-state index < -0.39 is 55.4 Å². The van der Waals surface area contributed by atoms with Crippen molar-refractivity contribution in [3.8, 4) is 0 Å². The van der Waals surface area contributed by atoms with Crippen LogP contribution in [0.25, 0.3) is 0 Å². The second-order valence-electron chi connectivity index (χ2n) is 8.00. The summed E-state index contributed by atoms with van der Waals surface area (Å²) in [4.78, 5) is 29.5. The molecule has 3 aliphatic heterocycles. The fourth-order valence-corrected chi connectivity index (χ4v) is 4.47. The molecule has 2 amide bonds. The zero-order valence-electron chi connectivity index (χ0n) is 16.1. The number of hydrogen-bond donors (Lipinski definition) is 1. The summed E-state index contributed by atoms with van der Waals surface area (Å²) in [6.07, 6.45) is -9.58. The SMILES string of the molecule is O=C1C(N2CCN(C3CCN(CC(F)(F)F)C3=O)CC(O)C2)CCN1CC(F)(F)F. The highest BCUT2D eigenvalue weighted by molar-refractivity contribution is 5.84. The standard InChI is InChI=1S/C17H24F6N4O3/c18-16(19,20)9-26-3-1-12(14(26)29)24-5-6-25(8-11(28)7-24)13-2-4-27(15(13)30)10-17(21,22)23/h11-13,28H,1-10H2. The Bertz CT molecular complexity index is 604. The minimum Gasteiger partial charge on any atom is -0.390 e. The molecule has 0 saturated carbocycles. The Labute approximate surface area is 169 Å². The number of rotatable bonds is 4. The Kier molecular flexibility index (Phi) is 6.54. The molecule has 1 N–H and O–H groups in total. The first kappa shape index (κ1) is 23.1. The van der Waals surface area contributed by atoms with Gasteiger partial charge in [-0.05, 0) is 12.8 Å². The summed E-state index contributed by atoms with van der Waals surface area (Å²) >= 11 is 0. The van der Waals surface area contributed by atoms with E-state index in [1.54, 1.807) is 9.80 Å². The summed E-state index contributed by atoms with van der Waals surface area (Å²) in [5.74, 6) is -1.30. The van der Waals surface area contributed by atoms with Gasteiger partial charge in [0.15, 0.2) is 0 Å². The number of likely N-dealkylation sites (tertiary alicyclic amines) is 2. The van der Waals surface area contributed by atoms with Gasteiger partial charge in [0.05, 0.1) is 18.2 Å². The molecule has 2 unspecified atom stereocenters. The normalized spacial score (nSPS) is 30.4. The van der Waals surface area contributed by atoms with E-state index in [1.807, 2.05) is 0 Å². The van der Waals surface area contributed by atoms with Gasteiger partial charge in [0.1, 0.15) is 13.1 Å². The van der Waals surface area contributed by atoms with Crippen LogP contribution in [0.1, 0.15) is 12.8 Å². The molecule has 13 heteroatoms. The Morgan fingerprint density at radius 3 is 1.43 bits per heavy atom. The quantitative estimate of drug-likeness (QED) is 0.629. The van der Waals surface area contributed by atoms with Crippen molar-refractivity contribution in [2.45, 2.75) is 43.4 Å². The summed E-state index contributed by atoms with van der Waals surface area (Å²) < 4.78 is 75.7. The molecule has 0 spiro atoms. The molecule has 3 fully saturated rings.